The SMILES string of the molecule is CCN(NC(=O)c1cn(-c2ccccc2)nc1C(F)(F)F)C(=O)N1CC2CC1CN2C(=O)OC(C)(C)C. The molecule has 2 aromatic rings. The molecule has 4 rings (SSSR count). The standard InChI is InChI=1S/C24H29F3N6O4/c1-5-32(21(35)30-12-17-11-16(30)13-31(17)22(36)37-23(2,3)4)29-20(34)18-14-33(15-9-7-6-8-10-15)28-19(18)24(25,26)27/h6-10,14,16-17H,5,11-13H2,1-4H3,(H,29,34). The fraction of sp³-hybridized carbons (Fsp3) is 0.500. The lowest BCUT2D eigenvalue weighted by molar-refractivity contribution is -0.141. The van der Waals surface area contributed by atoms with Gasteiger partial charge in [-0.3, -0.25) is 10.2 Å². The van der Waals surface area contributed by atoms with E-state index in [9.17, 15) is 27.6 Å². The number of alkyl halides is 3. The summed E-state index contributed by atoms with van der Waals surface area (Å²) >= 11 is 0. The van der Waals surface area contributed by atoms with Crippen molar-refractivity contribution in [2.45, 2.75) is 58.0 Å². The molecule has 3 heterocycles. The van der Waals surface area contributed by atoms with Gasteiger partial charge in [-0.2, -0.15) is 18.3 Å². The van der Waals surface area contributed by atoms with Crippen molar-refractivity contribution in [3.63, 3.8) is 0 Å². The maximum Gasteiger partial charge on any atom is 0.435 e. The first-order valence-electron chi connectivity index (χ1n) is 11.9. The predicted octanol–water partition coefficient (Wildman–Crippen LogP) is 3.67. The maximum atomic E-state index is 13.7. The largest absolute Gasteiger partial charge is 0.444 e. The zero-order valence-electron chi connectivity index (χ0n) is 21.0. The maximum absolute atomic E-state index is 13.7. The van der Waals surface area contributed by atoms with Crippen LogP contribution in [0.4, 0.5) is 22.8 Å². The van der Waals surface area contributed by atoms with E-state index in [-0.39, 0.29) is 31.7 Å². The van der Waals surface area contributed by atoms with Crippen molar-refractivity contribution in [1.82, 2.24) is 30.0 Å². The Morgan fingerprint density at radius 2 is 1.70 bits per heavy atom. The molecule has 200 valence electrons. The summed E-state index contributed by atoms with van der Waals surface area (Å²) in [7, 11) is 0. The van der Waals surface area contributed by atoms with E-state index in [0.29, 0.717) is 12.1 Å². The number of amides is 4. The Hall–Kier alpha value is -3.77. The summed E-state index contributed by atoms with van der Waals surface area (Å²) in [4.78, 5) is 41.7. The fourth-order valence-electron chi connectivity index (χ4n) is 4.51. The van der Waals surface area contributed by atoms with E-state index in [1.165, 1.54) is 4.90 Å². The van der Waals surface area contributed by atoms with Crippen molar-refractivity contribution >= 4 is 18.0 Å². The molecule has 2 aliphatic rings. The van der Waals surface area contributed by atoms with Crippen molar-refractivity contribution in [2.75, 3.05) is 19.6 Å². The summed E-state index contributed by atoms with van der Waals surface area (Å²) in [5, 5.41) is 4.55. The van der Waals surface area contributed by atoms with E-state index >= 15 is 0 Å². The first-order chi connectivity index (χ1) is 17.3. The number of likely N-dealkylation sites (tertiary alicyclic amines) is 2. The van der Waals surface area contributed by atoms with E-state index in [0.717, 1.165) is 15.9 Å². The van der Waals surface area contributed by atoms with Gasteiger partial charge in [-0.05, 0) is 46.2 Å². The van der Waals surface area contributed by atoms with E-state index in [1.807, 2.05) is 0 Å². The van der Waals surface area contributed by atoms with Crippen LogP contribution in [0.25, 0.3) is 5.69 Å². The number of urea groups is 1. The Morgan fingerprint density at radius 3 is 2.24 bits per heavy atom. The fourth-order valence-corrected chi connectivity index (χ4v) is 4.51. The number of rotatable bonds is 3. The quantitative estimate of drug-likeness (QED) is 0.620. The lowest BCUT2D eigenvalue weighted by atomic mass is 10.2. The number of hydrazine groups is 1. The van der Waals surface area contributed by atoms with Crippen molar-refractivity contribution in [1.29, 1.82) is 0 Å². The number of fused-ring (bicyclic) bond motifs is 2. The molecule has 0 radical (unpaired) electrons. The van der Waals surface area contributed by atoms with Gasteiger partial charge in [0.2, 0.25) is 0 Å². The molecule has 1 aromatic heterocycles. The van der Waals surface area contributed by atoms with Crippen molar-refractivity contribution in [3.8, 4) is 5.69 Å². The number of aromatic nitrogens is 2. The highest BCUT2D eigenvalue weighted by molar-refractivity contribution is 5.96. The van der Waals surface area contributed by atoms with Crippen LogP contribution in [-0.4, -0.2) is 79.9 Å². The van der Waals surface area contributed by atoms with Crippen LogP contribution in [0.15, 0.2) is 36.5 Å². The highest BCUT2D eigenvalue weighted by atomic mass is 19.4. The number of ether oxygens (including phenoxy) is 1. The number of piperazine rings is 1. The summed E-state index contributed by atoms with van der Waals surface area (Å²) in [6.45, 7) is 7.42. The molecule has 1 aromatic carbocycles. The van der Waals surface area contributed by atoms with E-state index in [1.54, 1.807) is 62.9 Å². The van der Waals surface area contributed by atoms with Gasteiger partial charge in [0.05, 0.1) is 23.3 Å². The van der Waals surface area contributed by atoms with Gasteiger partial charge >= 0.3 is 18.3 Å². The zero-order chi connectivity index (χ0) is 27.1. The van der Waals surface area contributed by atoms with Crippen LogP contribution in [0.3, 0.4) is 0 Å². The topological polar surface area (TPSA) is 100 Å². The van der Waals surface area contributed by atoms with Crippen LogP contribution in [-0.2, 0) is 10.9 Å². The third-order valence-electron chi connectivity index (χ3n) is 6.15. The molecule has 0 aliphatic carbocycles. The Bertz CT molecular complexity index is 1180. The molecule has 2 atom stereocenters. The summed E-state index contributed by atoms with van der Waals surface area (Å²) in [5.41, 5.74) is -0.0627. The minimum atomic E-state index is -4.88. The highest BCUT2D eigenvalue weighted by Crippen LogP contribution is 2.33. The lowest BCUT2D eigenvalue weighted by Crippen LogP contribution is -2.58. The normalized spacial score (nSPS) is 19.2. The third kappa shape index (κ3) is 5.49. The number of hydrogen-bond donors (Lipinski definition) is 1. The molecule has 13 heteroatoms. The Kier molecular flexibility index (Phi) is 6.82. The zero-order valence-corrected chi connectivity index (χ0v) is 21.0. The van der Waals surface area contributed by atoms with Gasteiger partial charge in [0.15, 0.2) is 5.69 Å². The summed E-state index contributed by atoms with van der Waals surface area (Å²) in [5.74, 6) is -1.11. The molecule has 0 spiro atoms. The van der Waals surface area contributed by atoms with Crippen LogP contribution in [0.2, 0.25) is 0 Å². The van der Waals surface area contributed by atoms with E-state index in [4.69, 9.17) is 4.74 Å². The smallest absolute Gasteiger partial charge is 0.435 e. The number of benzene rings is 1. The van der Waals surface area contributed by atoms with Crippen molar-refractivity contribution in [2.24, 2.45) is 0 Å². The number of halogens is 3. The second kappa shape index (κ2) is 9.60. The van der Waals surface area contributed by atoms with Gasteiger partial charge in [0.25, 0.3) is 5.91 Å². The molecule has 4 amide bonds. The Balaban J connectivity index is 1.47. The number of hydrogen-bond acceptors (Lipinski definition) is 5. The first-order valence-corrected chi connectivity index (χ1v) is 11.9. The number of nitrogens with zero attached hydrogens (tertiary/aromatic N) is 5. The molecular weight excluding hydrogens is 493 g/mol. The molecular formula is C24H29F3N6O4. The summed E-state index contributed by atoms with van der Waals surface area (Å²) < 4.78 is 47.4. The summed E-state index contributed by atoms with van der Waals surface area (Å²) in [6, 6.07) is 7.00. The van der Waals surface area contributed by atoms with Gasteiger partial charge in [-0.15, -0.1) is 0 Å². The Labute approximate surface area is 211 Å². The molecule has 10 nitrogen and oxygen atoms in total. The average Bonchev–Trinajstić information content (AvgIpc) is 3.55. The minimum Gasteiger partial charge on any atom is -0.444 e. The second-order valence-electron chi connectivity index (χ2n) is 9.97. The molecule has 2 aliphatic heterocycles. The number of carbonyl (C=O) groups excluding carboxylic acids is 3. The average molecular weight is 523 g/mol. The van der Waals surface area contributed by atoms with Crippen LogP contribution >= 0.6 is 0 Å². The number of para-hydroxylation sites is 1. The number of nitrogens with one attached hydrogen (secondary N) is 1. The van der Waals surface area contributed by atoms with Gasteiger partial charge < -0.3 is 14.5 Å². The molecule has 2 bridgehead atoms. The molecule has 2 saturated heterocycles. The van der Waals surface area contributed by atoms with Crippen LogP contribution in [0.1, 0.15) is 50.2 Å². The molecule has 2 fully saturated rings. The lowest BCUT2D eigenvalue weighted by Gasteiger charge is -2.37. The predicted molar refractivity (Wildman–Crippen MR) is 126 cm³/mol. The van der Waals surface area contributed by atoms with E-state index < -0.39 is 41.1 Å². The van der Waals surface area contributed by atoms with Crippen molar-refractivity contribution < 1.29 is 32.3 Å². The molecule has 0 saturated carbocycles. The highest BCUT2D eigenvalue weighted by Gasteiger charge is 2.49. The van der Waals surface area contributed by atoms with Crippen LogP contribution < -0.4 is 5.43 Å². The van der Waals surface area contributed by atoms with Crippen molar-refractivity contribution in [3.05, 3.63) is 47.8 Å². The molecule has 1 N–H and O–H groups in total. The molecule has 2 unspecified atom stereocenters. The summed E-state index contributed by atoms with van der Waals surface area (Å²) in [6.07, 6.45) is -3.80. The van der Waals surface area contributed by atoms with E-state index in [2.05, 4.69) is 10.5 Å². The minimum absolute atomic E-state index is 0.0163. The Morgan fingerprint density at radius 1 is 1.08 bits per heavy atom. The second-order valence-corrected chi connectivity index (χ2v) is 9.97. The van der Waals surface area contributed by atoms with Crippen LogP contribution in [0.5, 0.6) is 0 Å². The van der Waals surface area contributed by atoms with Crippen LogP contribution in [0, 0.1) is 0 Å². The van der Waals surface area contributed by atoms with Gasteiger partial charge in [0.1, 0.15) is 5.60 Å². The monoisotopic (exact) mass is 522 g/mol. The third-order valence-corrected chi connectivity index (χ3v) is 6.15. The van der Waals surface area contributed by atoms with Gasteiger partial charge in [-0.1, -0.05) is 18.2 Å². The van der Waals surface area contributed by atoms with Gasteiger partial charge in [0, 0.05) is 25.8 Å². The van der Waals surface area contributed by atoms with Gasteiger partial charge in [-0.25, -0.2) is 19.3 Å². The first kappa shape index (κ1) is 26.3. The number of carbonyl (C=O) groups is 3. The molecule has 37 heavy (non-hydrogen) atoms.